The molecule has 0 fully saturated rings. The van der Waals surface area contributed by atoms with Crippen LogP contribution in [-0.2, 0) is 20.2 Å². The first kappa shape index (κ1) is 10.1. The fraction of sp³-hybridized carbons (Fsp3) is 0.667. The van der Waals surface area contributed by atoms with Crippen LogP contribution in [0.3, 0.4) is 0 Å². The number of imidazole rings is 1. The lowest BCUT2D eigenvalue weighted by Crippen LogP contribution is -2.24. The number of aromatic nitrogens is 2. The maximum Gasteiger partial charge on any atom is 0.328 e. The van der Waals surface area contributed by atoms with Crippen LogP contribution >= 0.6 is 0 Å². The first-order valence-corrected chi connectivity index (χ1v) is 4.42. The summed E-state index contributed by atoms with van der Waals surface area (Å²) in [5.41, 5.74) is 0.600. The molecule has 13 heavy (non-hydrogen) atoms. The number of aliphatic hydroxyl groups excluding tert-OH is 1. The SMILES string of the molecule is CC(C)Cn1cc(CO)n(C)c1=O. The Labute approximate surface area is 77.4 Å². The standard InChI is InChI=1S/C9H16N2O2/c1-7(2)4-11-5-8(6-12)10(3)9(11)13/h5,7,12H,4,6H2,1-3H3. The van der Waals surface area contributed by atoms with E-state index in [1.807, 2.05) is 0 Å². The lowest BCUT2D eigenvalue weighted by Gasteiger charge is -2.03. The minimum absolute atomic E-state index is 0.0576. The number of hydrogen-bond donors (Lipinski definition) is 1. The Morgan fingerprint density at radius 1 is 1.54 bits per heavy atom. The Balaban J connectivity index is 3.03. The summed E-state index contributed by atoms with van der Waals surface area (Å²) in [4.78, 5) is 11.5. The van der Waals surface area contributed by atoms with E-state index in [1.165, 1.54) is 4.57 Å². The lowest BCUT2D eigenvalue weighted by molar-refractivity contribution is 0.272. The van der Waals surface area contributed by atoms with Crippen LogP contribution in [0.5, 0.6) is 0 Å². The summed E-state index contributed by atoms with van der Waals surface area (Å²) >= 11 is 0. The fourth-order valence-electron chi connectivity index (χ4n) is 1.31. The van der Waals surface area contributed by atoms with Crippen LogP contribution in [0.15, 0.2) is 11.0 Å². The monoisotopic (exact) mass is 184 g/mol. The normalized spacial score (nSPS) is 11.2. The molecule has 0 bridgehead atoms. The van der Waals surface area contributed by atoms with E-state index >= 15 is 0 Å². The highest BCUT2D eigenvalue weighted by Gasteiger charge is 2.07. The molecule has 1 aromatic rings. The number of rotatable bonds is 3. The zero-order valence-electron chi connectivity index (χ0n) is 8.32. The molecule has 0 aromatic carbocycles. The molecule has 1 heterocycles. The van der Waals surface area contributed by atoms with Crippen LogP contribution in [0, 0.1) is 5.92 Å². The third kappa shape index (κ3) is 2.01. The molecule has 1 rings (SSSR count). The number of nitrogens with zero attached hydrogens (tertiary/aromatic N) is 2. The van der Waals surface area contributed by atoms with Crippen molar-refractivity contribution in [2.75, 3.05) is 0 Å². The Morgan fingerprint density at radius 3 is 2.54 bits per heavy atom. The third-order valence-electron chi connectivity index (χ3n) is 1.99. The Bertz CT molecular complexity index is 336. The highest BCUT2D eigenvalue weighted by atomic mass is 16.3. The average Bonchev–Trinajstić information content (AvgIpc) is 2.32. The van der Waals surface area contributed by atoms with Gasteiger partial charge in [0.15, 0.2) is 0 Å². The molecule has 74 valence electrons. The maximum absolute atomic E-state index is 11.5. The van der Waals surface area contributed by atoms with Crippen molar-refractivity contribution in [2.45, 2.75) is 27.0 Å². The largest absolute Gasteiger partial charge is 0.390 e. The summed E-state index contributed by atoms with van der Waals surface area (Å²) in [6, 6.07) is 0. The molecule has 0 spiro atoms. The molecular formula is C9H16N2O2. The molecule has 1 N–H and O–H groups in total. The van der Waals surface area contributed by atoms with Gasteiger partial charge in [-0.2, -0.15) is 0 Å². The summed E-state index contributed by atoms with van der Waals surface area (Å²) in [5.74, 6) is 0.437. The lowest BCUT2D eigenvalue weighted by atomic mass is 10.2. The van der Waals surface area contributed by atoms with Gasteiger partial charge >= 0.3 is 5.69 Å². The van der Waals surface area contributed by atoms with Crippen molar-refractivity contribution in [1.29, 1.82) is 0 Å². The molecule has 0 unspecified atom stereocenters. The molecule has 0 saturated carbocycles. The van der Waals surface area contributed by atoms with Gasteiger partial charge in [0.1, 0.15) is 0 Å². The fourth-order valence-corrected chi connectivity index (χ4v) is 1.31. The van der Waals surface area contributed by atoms with E-state index in [4.69, 9.17) is 5.11 Å². The van der Waals surface area contributed by atoms with Crippen molar-refractivity contribution in [3.05, 3.63) is 22.4 Å². The van der Waals surface area contributed by atoms with E-state index in [2.05, 4.69) is 13.8 Å². The molecule has 0 atom stereocenters. The highest BCUT2D eigenvalue weighted by Crippen LogP contribution is 2.00. The summed E-state index contributed by atoms with van der Waals surface area (Å²) < 4.78 is 3.11. The van der Waals surface area contributed by atoms with Crippen LogP contribution in [0.1, 0.15) is 19.5 Å². The minimum atomic E-state index is -0.0865. The third-order valence-corrected chi connectivity index (χ3v) is 1.99. The minimum Gasteiger partial charge on any atom is -0.390 e. The van der Waals surface area contributed by atoms with Crippen LogP contribution in [0.4, 0.5) is 0 Å². The van der Waals surface area contributed by atoms with Crippen molar-refractivity contribution in [1.82, 2.24) is 9.13 Å². The maximum atomic E-state index is 11.5. The molecular weight excluding hydrogens is 168 g/mol. The first-order valence-electron chi connectivity index (χ1n) is 4.42. The van der Waals surface area contributed by atoms with E-state index in [0.29, 0.717) is 18.2 Å². The van der Waals surface area contributed by atoms with Gasteiger partial charge in [-0.25, -0.2) is 4.79 Å². The van der Waals surface area contributed by atoms with Crippen molar-refractivity contribution in [2.24, 2.45) is 13.0 Å². The van der Waals surface area contributed by atoms with Crippen LogP contribution in [0.25, 0.3) is 0 Å². The molecule has 0 saturated heterocycles. The predicted octanol–water partition coefficient (Wildman–Crippen LogP) is 0.335. The van der Waals surface area contributed by atoms with E-state index in [0.717, 1.165) is 0 Å². The second-order valence-corrected chi connectivity index (χ2v) is 3.67. The Morgan fingerprint density at radius 2 is 2.15 bits per heavy atom. The smallest absolute Gasteiger partial charge is 0.328 e. The van der Waals surface area contributed by atoms with Gasteiger partial charge in [-0.1, -0.05) is 13.8 Å². The molecule has 1 aromatic heterocycles. The van der Waals surface area contributed by atoms with Gasteiger partial charge in [0.05, 0.1) is 12.3 Å². The molecule has 0 aliphatic heterocycles. The second kappa shape index (κ2) is 3.79. The van der Waals surface area contributed by atoms with Gasteiger partial charge in [-0.3, -0.25) is 9.13 Å². The summed E-state index contributed by atoms with van der Waals surface area (Å²) in [6.45, 7) is 4.72. The summed E-state index contributed by atoms with van der Waals surface area (Å²) in [6.07, 6.45) is 1.71. The van der Waals surface area contributed by atoms with Crippen LogP contribution in [-0.4, -0.2) is 14.2 Å². The topological polar surface area (TPSA) is 47.2 Å². The average molecular weight is 184 g/mol. The van der Waals surface area contributed by atoms with Crippen molar-refractivity contribution in [3.8, 4) is 0 Å². The van der Waals surface area contributed by atoms with Gasteiger partial charge in [0, 0.05) is 19.8 Å². The molecule has 0 radical (unpaired) electrons. The van der Waals surface area contributed by atoms with Crippen LogP contribution in [0.2, 0.25) is 0 Å². The quantitative estimate of drug-likeness (QED) is 0.736. The molecule has 0 amide bonds. The molecule has 4 heteroatoms. The van der Waals surface area contributed by atoms with Crippen molar-refractivity contribution in [3.63, 3.8) is 0 Å². The van der Waals surface area contributed by atoms with E-state index in [9.17, 15) is 4.79 Å². The number of hydrogen-bond acceptors (Lipinski definition) is 2. The molecule has 4 nitrogen and oxygen atoms in total. The van der Waals surface area contributed by atoms with Gasteiger partial charge < -0.3 is 5.11 Å². The predicted molar refractivity (Wildman–Crippen MR) is 50.4 cm³/mol. The Kier molecular flexibility index (Phi) is 2.93. The van der Waals surface area contributed by atoms with Gasteiger partial charge in [-0.05, 0) is 5.92 Å². The van der Waals surface area contributed by atoms with E-state index in [-0.39, 0.29) is 12.3 Å². The van der Waals surface area contributed by atoms with Crippen LogP contribution < -0.4 is 5.69 Å². The zero-order valence-corrected chi connectivity index (χ0v) is 8.32. The van der Waals surface area contributed by atoms with Gasteiger partial charge in [-0.15, -0.1) is 0 Å². The van der Waals surface area contributed by atoms with Crippen molar-refractivity contribution >= 4 is 0 Å². The van der Waals surface area contributed by atoms with Gasteiger partial charge in [0.2, 0.25) is 0 Å². The Hall–Kier alpha value is -1.03. The highest BCUT2D eigenvalue weighted by molar-refractivity contribution is 4.98. The van der Waals surface area contributed by atoms with Crippen molar-refractivity contribution < 1.29 is 5.11 Å². The number of aliphatic hydroxyl groups is 1. The molecule has 0 aliphatic rings. The first-order chi connectivity index (χ1) is 6.06. The second-order valence-electron chi connectivity index (χ2n) is 3.67. The van der Waals surface area contributed by atoms with E-state index in [1.54, 1.807) is 17.8 Å². The van der Waals surface area contributed by atoms with E-state index < -0.39 is 0 Å². The summed E-state index contributed by atoms with van der Waals surface area (Å²) in [7, 11) is 1.67. The van der Waals surface area contributed by atoms with Gasteiger partial charge in [0.25, 0.3) is 0 Å². The summed E-state index contributed by atoms with van der Waals surface area (Å²) in [5, 5.41) is 8.92. The zero-order chi connectivity index (χ0) is 10.0. The molecule has 0 aliphatic carbocycles.